The van der Waals surface area contributed by atoms with Crippen LogP contribution in [0.25, 0.3) is 10.8 Å². The molecule has 2 aromatic carbocycles. The van der Waals surface area contributed by atoms with E-state index in [1.807, 2.05) is 37.6 Å². The summed E-state index contributed by atoms with van der Waals surface area (Å²) < 4.78 is 16.1. The summed E-state index contributed by atoms with van der Waals surface area (Å²) in [7, 11) is 4.96. The largest absolute Gasteiger partial charge is 0.497 e. The van der Waals surface area contributed by atoms with Gasteiger partial charge in [-0.15, -0.1) is 0 Å². The summed E-state index contributed by atoms with van der Waals surface area (Å²) in [4.78, 5) is 0. The quantitative estimate of drug-likeness (QED) is 0.825. The Labute approximate surface area is 107 Å². The molecule has 3 nitrogen and oxygen atoms in total. The zero-order valence-electron chi connectivity index (χ0n) is 11.1. The van der Waals surface area contributed by atoms with Gasteiger partial charge >= 0.3 is 0 Å². The van der Waals surface area contributed by atoms with Gasteiger partial charge in [0.15, 0.2) is 11.5 Å². The fraction of sp³-hybridized carbons (Fsp3) is 0.267. The third-order valence-electron chi connectivity index (χ3n) is 3.02. The van der Waals surface area contributed by atoms with E-state index in [2.05, 4.69) is 0 Å². The van der Waals surface area contributed by atoms with Gasteiger partial charge in [0.1, 0.15) is 5.75 Å². The third-order valence-corrected chi connectivity index (χ3v) is 3.02. The number of hydrogen-bond acceptors (Lipinski definition) is 3. The van der Waals surface area contributed by atoms with Crippen LogP contribution >= 0.6 is 0 Å². The lowest BCUT2D eigenvalue weighted by Gasteiger charge is -2.15. The van der Waals surface area contributed by atoms with Crippen molar-refractivity contribution in [2.45, 2.75) is 6.92 Å². The van der Waals surface area contributed by atoms with Gasteiger partial charge in [0, 0.05) is 5.56 Å². The molecule has 0 bridgehead atoms. The Morgan fingerprint density at radius 1 is 0.944 bits per heavy atom. The molecule has 0 fully saturated rings. The smallest absolute Gasteiger partial charge is 0.164 e. The first kappa shape index (κ1) is 12.6. The first-order valence-electron chi connectivity index (χ1n) is 5.77. The van der Waals surface area contributed by atoms with E-state index in [-0.39, 0.29) is 0 Å². The number of hydrogen-bond donors (Lipinski definition) is 0. The van der Waals surface area contributed by atoms with E-state index in [0.29, 0.717) is 0 Å². The van der Waals surface area contributed by atoms with Crippen molar-refractivity contribution in [1.82, 2.24) is 0 Å². The molecule has 3 heteroatoms. The summed E-state index contributed by atoms with van der Waals surface area (Å²) in [5.74, 6) is 2.32. The molecular weight excluding hydrogens is 228 g/mol. The molecule has 0 saturated carbocycles. The second kappa shape index (κ2) is 5.17. The zero-order chi connectivity index (χ0) is 13.1. The van der Waals surface area contributed by atoms with Crippen LogP contribution in [0.1, 0.15) is 12.5 Å². The molecule has 0 spiro atoms. The van der Waals surface area contributed by atoms with Crippen molar-refractivity contribution in [2.24, 2.45) is 0 Å². The number of rotatable bonds is 4. The molecule has 0 aliphatic rings. The summed E-state index contributed by atoms with van der Waals surface area (Å²) in [6, 6.07) is 7.93. The average molecular weight is 245 g/mol. The minimum atomic E-state index is 0.728. The minimum Gasteiger partial charge on any atom is -0.497 e. The fourth-order valence-corrected chi connectivity index (χ4v) is 2.14. The summed E-state index contributed by atoms with van der Waals surface area (Å²) >= 11 is 0. The highest BCUT2D eigenvalue weighted by Crippen LogP contribution is 2.39. The van der Waals surface area contributed by atoms with Gasteiger partial charge in [-0.25, -0.2) is 0 Å². The highest BCUT2D eigenvalue weighted by molar-refractivity contribution is 5.92. The molecule has 1 radical (unpaired) electrons. The molecule has 95 valence electrons. The molecule has 0 aliphatic carbocycles. The van der Waals surface area contributed by atoms with Crippen LogP contribution in [-0.4, -0.2) is 21.3 Å². The molecule has 0 atom stereocenters. The molecule has 0 aliphatic heterocycles. The van der Waals surface area contributed by atoms with Crippen molar-refractivity contribution < 1.29 is 14.2 Å². The van der Waals surface area contributed by atoms with E-state index in [4.69, 9.17) is 14.2 Å². The summed E-state index contributed by atoms with van der Waals surface area (Å²) in [6.45, 7) is 1.99. The number of methoxy groups -OCH3 is 3. The first-order valence-corrected chi connectivity index (χ1v) is 5.77. The number of benzene rings is 2. The van der Waals surface area contributed by atoms with Crippen LogP contribution in [0.15, 0.2) is 24.3 Å². The molecule has 0 N–H and O–H groups in total. The van der Waals surface area contributed by atoms with Crippen molar-refractivity contribution >= 4 is 10.8 Å². The van der Waals surface area contributed by atoms with Gasteiger partial charge in [-0.05, 0) is 35.4 Å². The Bertz CT molecular complexity index is 561. The van der Waals surface area contributed by atoms with Crippen molar-refractivity contribution in [3.63, 3.8) is 0 Å². The first-order chi connectivity index (χ1) is 8.74. The molecule has 0 heterocycles. The summed E-state index contributed by atoms with van der Waals surface area (Å²) in [6.07, 6.45) is 2.02. The van der Waals surface area contributed by atoms with Gasteiger partial charge in [0.25, 0.3) is 0 Å². The number of fused-ring (bicyclic) bond motifs is 1. The molecule has 2 rings (SSSR count). The predicted molar refractivity (Wildman–Crippen MR) is 72.7 cm³/mol. The Morgan fingerprint density at radius 3 is 2.28 bits per heavy atom. The van der Waals surface area contributed by atoms with Crippen LogP contribution < -0.4 is 14.2 Å². The van der Waals surface area contributed by atoms with E-state index < -0.39 is 0 Å². The van der Waals surface area contributed by atoms with E-state index >= 15 is 0 Å². The lowest BCUT2D eigenvalue weighted by atomic mass is 10.0. The maximum Gasteiger partial charge on any atom is 0.164 e. The second-order valence-electron chi connectivity index (χ2n) is 3.90. The number of ether oxygens (including phenoxy) is 3. The Hall–Kier alpha value is -1.90. The molecule has 0 amide bonds. The van der Waals surface area contributed by atoms with Crippen molar-refractivity contribution in [3.8, 4) is 17.2 Å². The zero-order valence-corrected chi connectivity index (χ0v) is 11.1. The monoisotopic (exact) mass is 245 g/mol. The van der Waals surface area contributed by atoms with Crippen LogP contribution in [0.2, 0.25) is 0 Å². The van der Waals surface area contributed by atoms with Gasteiger partial charge in [0.2, 0.25) is 0 Å². The highest BCUT2D eigenvalue weighted by Gasteiger charge is 2.14. The molecule has 18 heavy (non-hydrogen) atoms. The van der Waals surface area contributed by atoms with Crippen molar-refractivity contribution in [2.75, 3.05) is 21.3 Å². The lowest BCUT2D eigenvalue weighted by molar-refractivity contribution is 0.354. The van der Waals surface area contributed by atoms with E-state index in [0.717, 1.165) is 33.6 Å². The third kappa shape index (κ3) is 1.96. The average Bonchev–Trinajstić information content (AvgIpc) is 2.44. The van der Waals surface area contributed by atoms with E-state index in [9.17, 15) is 0 Å². The standard InChI is InChI=1S/C15H17O3/c1-5-12-13-7-6-11(16-2)8-10(13)9-14(17-3)15(12)18-4/h5-9H,1-4H3. The molecule has 0 unspecified atom stereocenters. The Kier molecular flexibility index (Phi) is 3.60. The maximum atomic E-state index is 5.44. The van der Waals surface area contributed by atoms with Gasteiger partial charge in [-0.2, -0.15) is 0 Å². The van der Waals surface area contributed by atoms with Crippen LogP contribution in [0.4, 0.5) is 0 Å². The fourth-order valence-electron chi connectivity index (χ4n) is 2.14. The van der Waals surface area contributed by atoms with Gasteiger partial charge in [-0.3, -0.25) is 0 Å². The normalized spacial score (nSPS) is 10.4. The highest BCUT2D eigenvalue weighted by atomic mass is 16.5. The molecule has 0 aromatic heterocycles. The Balaban J connectivity index is 2.78. The molecule has 0 saturated heterocycles. The maximum absolute atomic E-state index is 5.44. The topological polar surface area (TPSA) is 27.7 Å². The Morgan fingerprint density at radius 2 is 1.72 bits per heavy atom. The lowest BCUT2D eigenvalue weighted by Crippen LogP contribution is -1.96. The van der Waals surface area contributed by atoms with Crippen molar-refractivity contribution in [1.29, 1.82) is 0 Å². The second-order valence-corrected chi connectivity index (χ2v) is 3.90. The molecular formula is C15H17O3. The van der Waals surface area contributed by atoms with Crippen LogP contribution in [-0.2, 0) is 0 Å². The van der Waals surface area contributed by atoms with Gasteiger partial charge in [-0.1, -0.05) is 13.0 Å². The molecule has 2 aromatic rings. The minimum absolute atomic E-state index is 0.728. The summed E-state index contributed by atoms with van der Waals surface area (Å²) in [5, 5.41) is 2.19. The predicted octanol–water partition coefficient (Wildman–Crippen LogP) is 3.44. The van der Waals surface area contributed by atoms with E-state index in [1.54, 1.807) is 21.3 Å². The van der Waals surface area contributed by atoms with Crippen LogP contribution in [0.5, 0.6) is 17.2 Å². The SMILES string of the molecule is C[CH]c1c(OC)c(OC)cc2cc(OC)ccc12. The summed E-state index contributed by atoms with van der Waals surface area (Å²) in [5.41, 5.74) is 1.04. The van der Waals surface area contributed by atoms with Gasteiger partial charge < -0.3 is 14.2 Å². The van der Waals surface area contributed by atoms with E-state index in [1.165, 1.54) is 0 Å². The van der Waals surface area contributed by atoms with Crippen molar-refractivity contribution in [3.05, 3.63) is 36.2 Å². The van der Waals surface area contributed by atoms with Crippen LogP contribution in [0.3, 0.4) is 0 Å². The van der Waals surface area contributed by atoms with Gasteiger partial charge in [0.05, 0.1) is 21.3 Å². The van der Waals surface area contributed by atoms with Crippen LogP contribution in [0, 0.1) is 6.42 Å².